The molecule has 0 atom stereocenters. The molecule has 3 rings (SSSR count). The van der Waals surface area contributed by atoms with Crippen LogP contribution < -0.4 is 5.32 Å². The van der Waals surface area contributed by atoms with Crippen LogP contribution in [0.25, 0.3) is 21.3 Å². The zero-order valence-corrected chi connectivity index (χ0v) is 12.9. The van der Waals surface area contributed by atoms with E-state index >= 15 is 0 Å². The first-order valence-electron chi connectivity index (χ1n) is 7.01. The Balaban J connectivity index is 1.99. The fraction of sp³-hybridized carbons (Fsp3) is 0.235. The largest absolute Gasteiger partial charge is 0.310 e. The van der Waals surface area contributed by atoms with Crippen molar-refractivity contribution in [2.75, 3.05) is 0 Å². The molecule has 0 aliphatic carbocycles. The van der Waals surface area contributed by atoms with Crippen LogP contribution in [0.5, 0.6) is 0 Å². The number of hydrogen-bond donors (Lipinski definition) is 1. The van der Waals surface area contributed by atoms with Crippen LogP contribution in [0.2, 0.25) is 0 Å². The summed E-state index contributed by atoms with van der Waals surface area (Å²) in [4.78, 5) is 5.69. The summed E-state index contributed by atoms with van der Waals surface area (Å²) in [5.41, 5.74) is 0.993. The summed E-state index contributed by atoms with van der Waals surface area (Å²) in [6.07, 6.45) is 1.90. The average Bonchev–Trinajstić information content (AvgIpc) is 2.94. The number of nitrogens with one attached hydrogen (secondary N) is 1. The number of benzene rings is 2. The molecule has 2 aromatic carbocycles. The third-order valence-electron chi connectivity index (χ3n) is 3.34. The Morgan fingerprint density at radius 2 is 1.90 bits per heavy atom. The number of aromatic nitrogens is 1. The molecular weight excluding hydrogens is 283 g/mol. The molecule has 0 aliphatic rings. The van der Waals surface area contributed by atoms with E-state index < -0.39 is 0 Å². The minimum absolute atomic E-state index is 0.187. The molecule has 0 fully saturated rings. The monoisotopic (exact) mass is 300 g/mol. The fourth-order valence-corrected chi connectivity index (χ4v) is 3.17. The molecule has 0 amide bonds. The highest BCUT2D eigenvalue weighted by atomic mass is 32.1. The van der Waals surface area contributed by atoms with E-state index in [0.29, 0.717) is 11.4 Å². The number of hydrogen-bond acceptors (Lipinski definition) is 3. The van der Waals surface area contributed by atoms with Gasteiger partial charge in [-0.2, -0.15) is 0 Å². The van der Waals surface area contributed by atoms with Gasteiger partial charge in [0.2, 0.25) is 0 Å². The third kappa shape index (κ3) is 2.96. The minimum atomic E-state index is -0.187. The Labute approximate surface area is 127 Å². The van der Waals surface area contributed by atoms with Crippen molar-refractivity contribution in [2.24, 2.45) is 0 Å². The standard InChI is InChI=1S/C17H17FN2S/c1-11(2)19-9-12-10-20-17(21-12)15-7-8-16(18)14-6-4-3-5-13(14)15/h3-8,10-11,19H,9H2,1-2H3. The molecule has 0 spiro atoms. The fourth-order valence-electron chi connectivity index (χ4n) is 2.27. The van der Waals surface area contributed by atoms with E-state index in [-0.39, 0.29) is 5.82 Å². The first-order chi connectivity index (χ1) is 10.1. The van der Waals surface area contributed by atoms with E-state index in [9.17, 15) is 4.39 Å². The van der Waals surface area contributed by atoms with Crippen LogP contribution >= 0.6 is 11.3 Å². The number of nitrogens with zero attached hydrogens (tertiary/aromatic N) is 1. The maximum Gasteiger partial charge on any atom is 0.131 e. The number of fused-ring (bicyclic) bond motifs is 1. The van der Waals surface area contributed by atoms with Crippen LogP contribution in [-0.2, 0) is 6.54 Å². The summed E-state index contributed by atoms with van der Waals surface area (Å²) < 4.78 is 13.9. The molecule has 0 radical (unpaired) electrons. The molecule has 21 heavy (non-hydrogen) atoms. The molecule has 4 heteroatoms. The second-order valence-corrected chi connectivity index (χ2v) is 6.42. The topological polar surface area (TPSA) is 24.9 Å². The van der Waals surface area contributed by atoms with Crippen LogP contribution in [0.1, 0.15) is 18.7 Å². The molecule has 108 valence electrons. The second kappa shape index (κ2) is 5.92. The molecule has 0 bridgehead atoms. The molecule has 0 aliphatic heterocycles. The first-order valence-corrected chi connectivity index (χ1v) is 7.82. The van der Waals surface area contributed by atoms with Gasteiger partial charge in [-0.3, -0.25) is 0 Å². The second-order valence-electron chi connectivity index (χ2n) is 5.31. The third-order valence-corrected chi connectivity index (χ3v) is 4.37. The normalized spacial score (nSPS) is 11.4. The lowest BCUT2D eigenvalue weighted by Crippen LogP contribution is -2.21. The predicted octanol–water partition coefficient (Wildman–Crippen LogP) is 4.60. The van der Waals surface area contributed by atoms with E-state index in [1.165, 1.54) is 10.9 Å². The Morgan fingerprint density at radius 3 is 2.67 bits per heavy atom. The van der Waals surface area contributed by atoms with Gasteiger partial charge in [0.1, 0.15) is 10.8 Å². The molecule has 0 saturated carbocycles. The van der Waals surface area contributed by atoms with E-state index in [2.05, 4.69) is 24.1 Å². The number of rotatable bonds is 4. The SMILES string of the molecule is CC(C)NCc1cnc(-c2ccc(F)c3ccccc23)s1. The van der Waals surface area contributed by atoms with Gasteiger partial charge in [-0.05, 0) is 17.5 Å². The van der Waals surface area contributed by atoms with Gasteiger partial charge in [0.25, 0.3) is 0 Å². The van der Waals surface area contributed by atoms with Crippen molar-refractivity contribution in [3.63, 3.8) is 0 Å². The average molecular weight is 300 g/mol. The zero-order valence-electron chi connectivity index (χ0n) is 12.1. The molecule has 2 nitrogen and oxygen atoms in total. The molecule has 1 heterocycles. The summed E-state index contributed by atoms with van der Waals surface area (Å²) in [5.74, 6) is -0.187. The highest BCUT2D eigenvalue weighted by Gasteiger charge is 2.11. The predicted molar refractivity (Wildman–Crippen MR) is 87.0 cm³/mol. The Kier molecular flexibility index (Phi) is 3.99. The van der Waals surface area contributed by atoms with E-state index in [1.54, 1.807) is 11.3 Å². The molecule has 1 aromatic heterocycles. The molecule has 0 saturated heterocycles. The van der Waals surface area contributed by atoms with Crippen molar-refractivity contribution in [1.29, 1.82) is 0 Å². The van der Waals surface area contributed by atoms with Crippen LogP contribution in [-0.4, -0.2) is 11.0 Å². The molecular formula is C17H17FN2S. The van der Waals surface area contributed by atoms with Gasteiger partial charge in [-0.1, -0.05) is 38.1 Å². The van der Waals surface area contributed by atoms with Gasteiger partial charge in [0.05, 0.1) is 0 Å². The first kappa shape index (κ1) is 14.2. The van der Waals surface area contributed by atoms with Crippen LogP contribution in [0.4, 0.5) is 4.39 Å². The van der Waals surface area contributed by atoms with E-state index in [1.807, 2.05) is 36.5 Å². The van der Waals surface area contributed by atoms with Crippen molar-refractivity contribution >= 4 is 22.1 Å². The van der Waals surface area contributed by atoms with Crippen molar-refractivity contribution < 1.29 is 4.39 Å². The van der Waals surface area contributed by atoms with Crippen molar-refractivity contribution in [3.05, 3.63) is 53.3 Å². The smallest absolute Gasteiger partial charge is 0.131 e. The Bertz CT molecular complexity index is 764. The lowest BCUT2D eigenvalue weighted by atomic mass is 10.0. The van der Waals surface area contributed by atoms with Gasteiger partial charge in [0, 0.05) is 34.6 Å². The molecule has 0 unspecified atom stereocenters. The van der Waals surface area contributed by atoms with Gasteiger partial charge >= 0.3 is 0 Å². The number of thiazole rings is 1. The van der Waals surface area contributed by atoms with E-state index in [0.717, 1.165) is 22.5 Å². The lowest BCUT2D eigenvalue weighted by molar-refractivity contribution is 0.593. The maximum atomic E-state index is 13.9. The summed E-state index contributed by atoms with van der Waals surface area (Å²) in [6, 6.07) is 11.3. The van der Waals surface area contributed by atoms with Gasteiger partial charge in [0.15, 0.2) is 0 Å². The quantitative estimate of drug-likeness (QED) is 0.761. The van der Waals surface area contributed by atoms with Gasteiger partial charge in [-0.15, -0.1) is 11.3 Å². The summed E-state index contributed by atoms with van der Waals surface area (Å²) >= 11 is 1.65. The summed E-state index contributed by atoms with van der Waals surface area (Å²) in [6.45, 7) is 5.05. The van der Waals surface area contributed by atoms with Gasteiger partial charge < -0.3 is 5.32 Å². The minimum Gasteiger partial charge on any atom is -0.310 e. The highest BCUT2D eigenvalue weighted by molar-refractivity contribution is 7.15. The van der Waals surface area contributed by atoms with Crippen LogP contribution in [0.15, 0.2) is 42.6 Å². The van der Waals surface area contributed by atoms with Crippen LogP contribution in [0, 0.1) is 5.82 Å². The van der Waals surface area contributed by atoms with Gasteiger partial charge in [-0.25, -0.2) is 9.37 Å². The highest BCUT2D eigenvalue weighted by Crippen LogP contribution is 2.32. The van der Waals surface area contributed by atoms with Crippen molar-refractivity contribution in [3.8, 4) is 10.6 Å². The summed E-state index contributed by atoms with van der Waals surface area (Å²) in [5, 5.41) is 5.88. The zero-order chi connectivity index (χ0) is 14.8. The molecule has 3 aromatic rings. The Morgan fingerprint density at radius 1 is 1.14 bits per heavy atom. The van der Waals surface area contributed by atoms with Crippen LogP contribution in [0.3, 0.4) is 0 Å². The molecule has 1 N–H and O–H groups in total. The summed E-state index contributed by atoms with van der Waals surface area (Å²) in [7, 11) is 0. The Hall–Kier alpha value is -1.78. The van der Waals surface area contributed by atoms with Crippen molar-refractivity contribution in [2.45, 2.75) is 26.4 Å². The lowest BCUT2D eigenvalue weighted by Gasteiger charge is -2.05. The van der Waals surface area contributed by atoms with E-state index in [4.69, 9.17) is 0 Å². The number of halogens is 1. The maximum absolute atomic E-state index is 13.9. The van der Waals surface area contributed by atoms with Crippen molar-refractivity contribution in [1.82, 2.24) is 10.3 Å².